The fraction of sp³-hybridized carbons (Fsp3) is 0.393. The van der Waals surface area contributed by atoms with Crippen molar-refractivity contribution in [2.24, 2.45) is 0 Å². The molecule has 2 heteroatoms. The molecule has 0 saturated carbocycles. The van der Waals surface area contributed by atoms with Crippen LogP contribution < -0.4 is 4.74 Å². The molecule has 0 radical (unpaired) electrons. The third kappa shape index (κ3) is 4.59. The van der Waals surface area contributed by atoms with Crippen molar-refractivity contribution in [1.82, 2.24) is 0 Å². The number of carbonyl (C=O) groups excluding carboxylic acids is 1. The van der Waals surface area contributed by atoms with Crippen molar-refractivity contribution in [3.05, 3.63) is 54.6 Å². The predicted octanol–water partition coefficient (Wildman–Crippen LogP) is 8.41. The quantitative estimate of drug-likeness (QED) is 0.109. The van der Waals surface area contributed by atoms with E-state index in [9.17, 15) is 4.79 Å². The van der Waals surface area contributed by atoms with Gasteiger partial charge in [0, 0.05) is 17.2 Å². The normalized spacial score (nSPS) is 11.6. The van der Waals surface area contributed by atoms with Crippen LogP contribution in [0, 0.1) is 0 Å². The highest BCUT2D eigenvalue weighted by molar-refractivity contribution is 6.24. The first-order chi connectivity index (χ1) is 14.8. The minimum Gasteiger partial charge on any atom is -0.426 e. The minimum atomic E-state index is -0.118. The molecule has 0 bridgehead atoms. The van der Waals surface area contributed by atoms with Crippen molar-refractivity contribution in [2.75, 3.05) is 0 Å². The summed E-state index contributed by atoms with van der Waals surface area (Å²) in [6.45, 7) is 2.25. The SMILES string of the molecule is CCCCCCCCCCCC(=O)Oc1ccc2ccc3cccc4ccc1c2c34. The van der Waals surface area contributed by atoms with E-state index >= 15 is 0 Å². The van der Waals surface area contributed by atoms with Crippen LogP contribution in [-0.2, 0) is 4.79 Å². The molecule has 0 aliphatic rings. The number of rotatable bonds is 11. The number of benzene rings is 4. The molecule has 0 saturated heterocycles. The summed E-state index contributed by atoms with van der Waals surface area (Å²) in [7, 11) is 0. The Kier molecular flexibility index (Phi) is 6.84. The van der Waals surface area contributed by atoms with Gasteiger partial charge in [0.1, 0.15) is 5.75 Å². The molecule has 4 aromatic carbocycles. The molecule has 0 aromatic heterocycles. The Morgan fingerprint density at radius 2 is 1.23 bits per heavy atom. The van der Waals surface area contributed by atoms with Crippen LogP contribution in [-0.4, -0.2) is 5.97 Å². The summed E-state index contributed by atoms with van der Waals surface area (Å²) in [5, 5.41) is 7.11. The van der Waals surface area contributed by atoms with Crippen molar-refractivity contribution < 1.29 is 9.53 Å². The van der Waals surface area contributed by atoms with Crippen LogP contribution in [0.5, 0.6) is 5.75 Å². The molecule has 156 valence electrons. The molecule has 4 rings (SSSR count). The molecule has 0 unspecified atom stereocenters. The number of esters is 1. The molecular weight excluding hydrogens is 368 g/mol. The molecule has 0 amide bonds. The van der Waals surface area contributed by atoms with Gasteiger partial charge in [-0.05, 0) is 40.1 Å². The highest BCUT2D eigenvalue weighted by Gasteiger charge is 2.13. The van der Waals surface area contributed by atoms with Crippen molar-refractivity contribution >= 4 is 38.3 Å². The summed E-state index contributed by atoms with van der Waals surface area (Å²) in [5.41, 5.74) is 0. The van der Waals surface area contributed by atoms with Crippen LogP contribution in [0.3, 0.4) is 0 Å². The van der Waals surface area contributed by atoms with Crippen LogP contribution >= 0.6 is 0 Å². The van der Waals surface area contributed by atoms with Crippen LogP contribution in [0.4, 0.5) is 0 Å². The van der Waals surface area contributed by atoms with Crippen molar-refractivity contribution in [3.8, 4) is 5.75 Å². The number of ether oxygens (including phenoxy) is 1. The molecule has 2 nitrogen and oxygen atoms in total. The van der Waals surface area contributed by atoms with Gasteiger partial charge in [-0.1, -0.05) is 101 Å². The molecule has 0 atom stereocenters. The molecule has 0 fully saturated rings. The van der Waals surface area contributed by atoms with Gasteiger partial charge in [-0.15, -0.1) is 0 Å². The standard InChI is InChI=1S/C28H32O2/c1-2-3-4-5-6-7-8-9-10-14-26(29)30-25-20-18-23-16-15-21-12-11-13-22-17-19-24(25)28(23)27(21)22/h11-13,15-20H,2-10,14H2,1H3. The molecule has 0 N–H and O–H groups in total. The van der Waals surface area contributed by atoms with Gasteiger partial charge in [0.15, 0.2) is 0 Å². The number of unbranched alkanes of at least 4 members (excludes halogenated alkanes) is 8. The second kappa shape index (κ2) is 9.93. The Morgan fingerprint density at radius 3 is 1.93 bits per heavy atom. The highest BCUT2D eigenvalue weighted by Crippen LogP contribution is 2.38. The molecule has 4 aromatic rings. The number of hydrogen-bond acceptors (Lipinski definition) is 2. The van der Waals surface area contributed by atoms with Crippen LogP contribution in [0.25, 0.3) is 32.3 Å². The third-order valence-electron chi connectivity index (χ3n) is 6.20. The fourth-order valence-electron chi connectivity index (χ4n) is 4.55. The Hall–Kier alpha value is -2.61. The van der Waals surface area contributed by atoms with E-state index in [4.69, 9.17) is 4.74 Å². The Labute approximate surface area is 179 Å². The zero-order valence-corrected chi connectivity index (χ0v) is 18.1. The topological polar surface area (TPSA) is 26.3 Å². The predicted molar refractivity (Wildman–Crippen MR) is 128 cm³/mol. The second-order valence-electron chi connectivity index (χ2n) is 8.47. The van der Waals surface area contributed by atoms with Crippen LogP contribution in [0.1, 0.15) is 71.1 Å². The van der Waals surface area contributed by atoms with Crippen molar-refractivity contribution in [2.45, 2.75) is 71.1 Å². The molecule has 0 aliphatic carbocycles. The zero-order valence-electron chi connectivity index (χ0n) is 18.1. The average molecular weight is 401 g/mol. The Morgan fingerprint density at radius 1 is 0.667 bits per heavy atom. The smallest absolute Gasteiger partial charge is 0.311 e. The molecule has 0 aliphatic heterocycles. The number of hydrogen-bond donors (Lipinski definition) is 0. The zero-order chi connectivity index (χ0) is 20.8. The summed E-state index contributed by atoms with van der Waals surface area (Å²) >= 11 is 0. The maximum Gasteiger partial charge on any atom is 0.311 e. The van der Waals surface area contributed by atoms with E-state index in [1.54, 1.807) is 0 Å². The highest BCUT2D eigenvalue weighted by atomic mass is 16.5. The maximum atomic E-state index is 12.5. The Bertz CT molecular complexity index is 1100. The van der Waals surface area contributed by atoms with E-state index in [-0.39, 0.29) is 5.97 Å². The monoisotopic (exact) mass is 400 g/mol. The lowest BCUT2D eigenvalue weighted by Gasteiger charge is -2.13. The van der Waals surface area contributed by atoms with Gasteiger partial charge < -0.3 is 4.74 Å². The molecule has 30 heavy (non-hydrogen) atoms. The number of carbonyl (C=O) groups is 1. The lowest BCUT2D eigenvalue weighted by Crippen LogP contribution is -2.08. The van der Waals surface area contributed by atoms with Gasteiger partial charge in [-0.3, -0.25) is 4.79 Å². The van der Waals surface area contributed by atoms with Crippen LogP contribution in [0.15, 0.2) is 54.6 Å². The largest absolute Gasteiger partial charge is 0.426 e. The van der Waals surface area contributed by atoms with Gasteiger partial charge in [0.05, 0.1) is 0 Å². The van der Waals surface area contributed by atoms with E-state index in [1.807, 2.05) is 6.07 Å². The van der Waals surface area contributed by atoms with Gasteiger partial charge >= 0.3 is 5.97 Å². The molecular formula is C28H32O2. The van der Waals surface area contributed by atoms with E-state index in [0.29, 0.717) is 12.2 Å². The van der Waals surface area contributed by atoms with E-state index in [1.165, 1.54) is 71.9 Å². The Balaban J connectivity index is 1.35. The first kappa shape index (κ1) is 20.7. The van der Waals surface area contributed by atoms with Gasteiger partial charge in [-0.2, -0.15) is 0 Å². The summed E-state index contributed by atoms with van der Waals surface area (Å²) in [4.78, 5) is 12.5. The molecule has 0 heterocycles. The van der Waals surface area contributed by atoms with Crippen molar-refractivity contribution in [3.63, 3.8) is 0 Å². The summed E-state index contributed by atoms with van der Waals surface area (Å²) in [6.07, 6.45) is 11.7. The first-order valence-electron chi connectivity index (χ1n) is 11.6. The lowest BCUT2D eigenvalue weighted by molar-refractivity contribution is -0.134. The van der Waals surface area contributed by atoms with E-state index in [2.05, 4.69) is 55.5 Å². The van der Waals surface area contributed by atoms with Gasteiger partial charge in [0.2, 0.25) is 0 Å². The van der Waals surface area contributed by atoms with Crippen LogP contribution in [0.2, 0.25) is 0 Å². The van der Waals surface area contributed by atoms with Gasteiger partial charge in [0.25, 0.3) is 0 Å². The fourth-order valence-corrected chi connectivity index (χ4v) is 4.55. The minimum absolute atomic E-state index is 0.118. The van der Waals surface area contributed by atoms with Crippen molar-refractivity contribution in [1.29, 1.82) is 0 Å². The molecule has 0 spiro atoms. The summed E-state index contributed by atoms with van der Waals surface area (Å²) in [5.74, 6) is 0.564. The van der Waals surface area contributed by atoms with Gasteiger partial charge in [-0.25, -0.2) is 0 Å². The third-order valence-corrected chi connectivity index (χ3v) is 6.20. The summed E-state index contributed by atoms with van der Waals surface area (Å²) < 4.78 is 5.80. The van der Waals surface area contributed by atoms with E-state index in [0.717, 1.165) is 18.2 Å². The first-order valence-corrected chi connectivity index (χ1v) is 11.6. The summed E-state index contributed by atoms with van der Waals surface area (Å²) in [6, 6.07) is 18.9. The second-order valence-corrected chi connectivity index (χ2v) is 8.47. The average Bonchev–Trinajstić information content (AvgIpc) is 2.77. The maximum absolute atomic E-state index is 12.5. The lowest BCUT2D eigenvalue weighted by atomic mass is 9.94. The van der Waals surface area contributed by atoms with E-state index < -0.39 is 0 Å².